The SMILES string of the molecule is N#Cc1ccc(NN)cc1F. The maximum absolute atomic E-state index is 12.7. The van der Waals surface area contributed by atoms with Crippen molar-refractivity contribution in [2.24, 2.45) is 5.84 Å². The molecule has 0 atom stereocenters. The first kappa shape index (κ1) is 7.51. The number of nitrogens with one attached hydrogen (secondary N) is 1. The summed E-state index contributed by atoms with van der Waals surface area (Å²) in [4.78, 5) is 0. The average Bonchev–Trinajstić information content (AvgIpc) is 2.04. The lowest BCUT2D eigenvalue weighted by Crippen LogP contribution is -2.06. The number of nitrogens with two attached hydrogens (primary N) is 1. The molecule has 0 bridgehead atoms. The number of rotatable bonds is 1. The highest BCUT2D eigenvalue weighted by Crippen LogP contribution is 2.11. The minimum atomic E-state index is -0.567. The molecule has 3 nitrogen and oxygen atoms in total. The summed E-state index contributed by atoms with van der Waals surface area (Å²) < 4.78 is 12.7. The Balaban J connectivity index is 3.12. The highest BCUT2D eigenvalue weighted by molar-refractivity contribution is 5.46. The van der Waals surface area contributed by atoms with E-state index in [1.165, 1.54) is 18.2 Å². The van der Waals surface area contributed by atoms with Crippen molar-refractivity contribution in [3.8, 4) is 6.07 Å². The van der Waals surface area contributed by atoms with Crippen molar-refractivity contribution < 1.29 is 4.39 Å². The summed E-state index contributed by atoms with van der Waals surface area (Å²) in [5.74, 6) is 4.44. The van der Waals surface area contributed by atoms with Gasteiger partial charge in [0.05, 0.1) is 11.3 Å². The number of hydrogen-bond donors (Lipinski definition) is 2. The quantitative estimate of drug-likeness (QED) is 0.464. The van der Waals surface area contributed by atoms with E-state index in [1.54, 1.807) is 6.07 Å². The van der Waals surface area contributed by atoms with Crippen molar-refractivity contribution >= 4 is 5.69 Å². The molecule has 0 aliphatic carbocycles. The van der Waals surface area contributed by atoms with Crippen molar-refractivity contribution in [2.45, 2.75) is 0 Å². The van der Waals surface area contributed by atoms with Gasteiger partial charge in [0.1, 0.15) is 11.9 Å². The first-order valence-corrected chi connectivity index (χ1v) is 2.94. The van der Waals surface area contributed by atoms with Gasteiger partial charge in [-0.2, -0.15) is 5.26 Å². The lowest BCUT2D eigenvalue weighted by Gasteiger charge is -1.98. The van der Waals surface area contributed by atoms with Crippen molar-refractivity contribution in [3.05, 3.63) is 29.6 Å². The standard InChI is InChI=1S/C7H6FN3/c8-7-3-6(11-10)2-1-5(7)4-9/h1-3,11H,10H2. The largest absolute Gasteiger partial charge is 0.324 e. The zero-order chi connectivity index (χ0) is 8.27. The topological polar surface area (TPSA) is 61.8 Å². The summed E-state index contributed by atoms with van der Waals surface area (Å²) in [5, 5.41) is 8.34. The van der Waals surface area contributed by atoms with E-state index in [4.69, 9.17) is 11.1 Å². The lowest BCUT2D eigenvalue weighted by molar-refractivity contribution is 0.624. The molecule has 0 heterocycles. The van der Waals surface area contributed by atoms with Gasteiger partial charge in [0, 0.05) is 0 Å². The average molecular weight is 151 g/mol. The Morgan fingerprint density at radius 2 is 2.27 bits per heavy atom. The first-order chi connectivity index (χ1) is 5.27. The molecule has 0 amide bonds. The van der Waals surface area contributed by atoms with E-state index in [0.717, 1.165) is 0 Å². The zero-order valence-corrected chi connectivity index (χ0v) is 5.63. The summed E-state index contributed by atoms with van der Waals surface area (Å²) in [5.41, 5.74) is 2.73. The first-order valence-electron chi connectivity index (χ1n) is 2.94. The van der Waals surface area contributed by atoms with Crippen LogP contribution in [0.25, 0.3) is 0 Å². The van der Waals surface area contributed by atoms with Crippen LogP contribution in [0.1, 0.15) is 5.56 Å². The molecule has 0 saturated heterocycles. The van der Waals surface area contributed by atoms with Crippen LogP contribution < -0.4 is 11.3 Å². The third-order valence-electron chi connectivity index (χ3n) is 1.26. The molecule has 4 heteroatoms. The van der Waals surface area contributed by atoms with Crippen molar-refractivity contribution in [2.75, 3.05) is 5.43 Å². The van der Waals surface area contributed by atoms with Crippen LogP contribution in [0.2, 0.25) is 0 Å². The van der Waals surface area contributed by atoms with Crippen molar-refractivity contribution in [1.29, 1.82) is 5.26 Å². The Bertz CT molecular complexity index is 303. The van der Waals surface area contributed by atoms with Gasteiger partial charge in [0.2, 0.25) is 0 Å². The fourth-order valence-corrected chi connectivity index (χ4v) is 0.696. The minimum absolute atomic E-state index is 0.0176. The van der Waals surface area contributed by atoms with Gasteiger partial charge in [-0.3, -0.25) is 5.84 Å². The van der Waals surface area contributed by atoms with E-state index in [1.807, 2.05) is 0 Å². The number of hydrogen-bond acceptors (Lipinski definition) is 3. The number of nitrogens with zero attached hydrogens (tertiary/aromatic N) is 1. The summed E-state index contributed by atoms with van der Waals surface area (Å²) >= 11 is 0. The van der Waals surface area contributed by atoms with Crippen LogP contribution in [0.4, 0.5) is 10.1 Å². The molecular formula is C7H6FN3. The van der Waals surface area contributed by atoms with Crippen LogP contribution in [0.5, 0.6) is 0 Å². The molecule has 0 spiro atoms. The molecular weight excluding hydrogens is 145 g/mol. The molecule has 3 N–H and O–H groups in total. The molecule has 1 aromatic carbocycles. The number of benzene rings is 1. The van der Waals surface area contributed by atoms with E-state index in [-0.39, 0.29) is 5.56 Å². The molecule has 0 aliphatic rings. The summed E-state index contributed by atoms with van der Waals surface area (Å²) in [6, 6.07) is 5.76. The molecule has 0 unspecified atom stereocenters. The second kappa shape index (κ2) is 2.99. The Labute approximate surface area is 63.2 Å². The van der Waals surface area contributed by atoms with E-state index < -0.39 is 5.82 Å². The third kappa shape index (κ3) is 1.45. The Morgan fingerprint density at radius 3 is 2.73 bits per heavy atom. The predicted octanol–water partition coefficient (Wildman–Crippen LogP) is 0.983. The highest BCUT2D eigenvalue weighted by atomic mass is 19.1. The molecule has 0 saturated carbocycles. The van der Waals surface area contributed by atoms with Gasteiger partial charge in [0.25, 0.3) is 0 Å². The predicted molar refractivity (Wildman–Crippen MR) is 38.9 cm³/mol. The van der Waals surface area contributed by atoms with E-state index in [0.29, 0.717) is 5.69 Å². The molecule has 11 heavy (non-hydrogen) atoms. The summed E-state index contributed by atoms with van der Waals surface area (Å²) in [6.45, 7) is 0. The summed E-state index contributed by atoms with van der Waals surface area (Å²) in [7, 11) is 0. The van der Waals surface area contributed by atoms with Gasteiger partial charge in [0.15, 0.2) is 0 Å². The van der Waals surface area contributed by atoms with Crippen LogP contribution in [-0.4, -0.2) is 0 Å². The smallest absolute Gasteiger partial charge is 0.143 e. The maximum Gasteiger partial charge on any atom is 0.143 e. The number of nitrogen functional groups attached to an aromatic ring is 1. The molecule has 1 rings (SSSR count). The second-order valence-electron chi connectivity index (χ2n) is 1.95. The highest BCUT2D eigenvalue weighted by Gasteiger charge is 2.00. The Hall–Kier alpha value is -1.60. The molecule has 0 fully saturated rings. The fourth-order valence-electron chi connectivity index (χ4n) is 0.696. The Morgan fingerprint density at radius 1 is 1.55 bits per heavy atom. The maximum atomic E-state index is 12.7. The van der Waals surface area contributed by atoms with Crippen LogP contribution in [0, 0.1) is 17.1 Å². The van der Waals surface area contributed by atoms with Gasteiger partial charge in [-0.25, -0.2) is 4.39 Å². The van der Waals surface area contributed by atoms with Gasteiger partial charge >= 0.3 is 0 Å². The zero-order valence-electron chi connectivity index (χ0n) is 5.63. The van der Waals surface area contributed by atoms with E-state index in [2.05, 4.69) is 5.43 Å². The van der Waals surface area contributed by atoms with Crippen molar-refractivity contribution in [3.63, 3.8) is 0 Å². The third-order valence-corrected chi connectivity index (χ3v) is 1.26. The van der Waals surface area contributed by atoms with Crippen LogP contribution in [-0.2, 0) is 0 Å². The minimum Gasteiger partial charge on any atom is -0.324 e. The van der Waals surface area contributed by atoms with Gasteiger partial charge < -0.3 is 5.43 Å². The number of hydrazine groups is 1. The van der Waals surface area contributed by atoms with E-state index >= 15 is 0 Å². The van der Waals surface area contributed by atoms with Crippen LogP contribution >= 0.6 is 0 Å². The number of anilines is 1. The monoisotopic (exact) mass is 151 g/mol. The van der Waals surface area contributed by atoms with Gasteiger partial charge in [-0.15, -0.1) is 0 Å². The second-order valence-corrected chi connectivity index (χ2v) is 1.95. The molecule has 0 aromatic heterocycles. The van der Waals surface area contributed by atoms with Gasteiger partial charge in [-0.05, 0) is 18.2 Å². The fraction of sp³-hybridized carbons (Fsp3) is 0. The molecule has 56 valence electrons. The Kier molecular flexibility index (Phi) is 2.04. The normalized spacial score (nSPS) is 8.82. The van der Waals surface area contributed by atoms with E-state index in [9.17, 15) is 4.39 Å². The summed E-state index contributed by atoms with van der Waals surface area (Å²) in [6.07, 6.45) is 0. The number of halogens is 1. The molecule has 0 aliphatic heterocycles. The molecule has 1 aromatic rings. The number of nitriles is 1. The van der Waals surface area contributed by atoms with Crippen molar-refractivity contribution in [1.82, 2.24) is 0 Å². The van der Waals surface area contributed by atoms with Crippen LogP contribution in [0.15, 0.2) is 18.2 Å². The lowest BCUT2D eigenvalue weighted by atomic mass is 10.2. The van der Waals surface area contributed by atoms with Crippen LogP contribution in [0.3, 0.4) is 0 Å². The van der Waals surface area contributed by atoms with Gasteiger partial charge in [-0.1, -0.05) is 0 Å². The molecule has 0 radical (unpaired) electrons.